The molecule has 1 aromatic carbocycles. The Morgan fingerprint density at radius 3 is 2.38 bits per heavy atom. The van der Waals surface area contributed by atoms with E-state index in [2.05, 4.69) is 11.9 Å². The van der Waals surface area contributed by atoms with E-state index in [9.17, 15) is 23.9 Å². The SMILES string of the molecule is C=C(O)O[C@H]1[C@H](OC(C)=O)[C@@H](NC(C)=O)[C@H](OCc2ccccc2F)O[C@H]1COC(C)=O. The number of ether oxygens (including phenoxy) is 5. The fourth-order valence-electron chi connectivity index (χ4n) is 3.19. The van der Waals surface area contributed by atoms with Gasteiger partial charge in [0.05, 0.1) is 6.61 Å². The number of benzene rings is 1. The summed E-state index contributed by atoms with van der Waals surface area (Å²) in [6.07, 6.45) is -4.81. The molecular weight excluding hydrogens is 429 g/mol. The van der Waals surface area contributed by atoms with Crippen molar-refractivity contribution in [2.24, 2.45) is 0 Å². The second-order valence-corrected chi connectivity index (χ2v) is 7.02. The molecule has 0 aliphatic carbocycles. The number of halogens is 1. The molecule has 2 N–H and O–H groups in total. The second kappa shape index (κ2) is 11.4. The van der Waals surface area contributed by atoms with Gasteiger partial charge in [-0.1, -0.05) is 18.2 Å². The highest BCUT2D eigenvalue weighted by Crippen LogP contribution is 2.29. The molecule has 32 heavy (non-hydrogen) atoms. The number of hydrogen-bond donors (Lipinski definition) is 2. The van der Waals surface area contributed by atoms with E-state index >= 15 is 0 Å². The largest absolute Gasteiger partial charge is 0.481 e. The van der Waals surface area contributed by atoms with Gasteiger partial charge in [-0.2, -0.15) is 0 Å². The van der Waals surface area contributed by atoms with E-state index in [-0.39, 0.29) is 18.8 Å². The number of hydrogen-bond acceptors (Lipinski definition) is 9. The molecule has 1 fully saturated rings. The molecule has 5 atom stereocenters. The van der Waals surface area contributed by atoms with Gasteiger partial charge in [0.2, 0.25) is 5.91 Å². The lowest BCUT2D eigenvalue weighted by Crippen LogP contribution is -2.66. The van der Waals surface area contributed by atoms with Crippen LogP contribution >= 0.6 is 0 Å². The zero-order chi connectivity index (χ0) is 23.8. The molecule has 10 nitrogen and oxygen atoms in total. The van der Waals surface area contributed by atoms with Gasteiger partial charge in [0.25, 0.3) is 5.95 Å². The van der Waals surface area contributed by atoms with Crippen LogP contribution in [0, 0.1) is 5.82 Å². The Morgan fingerprint density at radius 2 is 1.81 bits per heavy atom. The van der Waals surface area contributed by atoms with Crippen LogP contribution < -0.4 is 5.32 Å². The number of rotatable bonds is 9. The molecule has 1 heterocycles. The van der Waals surface area contributed by atoms with Crippen LogP contribution in [0.15, 0.2) is 36.8 Å². The second-order valence-electron chi connectivity index (χ2n) is 7.02. The van der Waals surface area contributed by atoms with E-state index in [0.717, 1.165) is 6.92 Å². The van der Waals surface area contributed by atoms with Crippen LogP contribution in [0.3, 0.4) is 0 Å². The number of aliphatic hydroxyl groups is 1. The van der Waals surface area contributed by atoms with E-state index < -0.39 is 60.3 Å². The van der Waals surface area contributed by atoms with E-state index in [1.54, 1.807) is 6.07 Å². The fraction of sp³-hybridized carbons (Fsp3) is 0.476. The molecule has 1 saturated heterocycles. The van der Waals surface area contributed by atoms with Crippen LogP contribution in [-0.4, -0.2) is 60.2 Å². The van der Waals surface area contributed by atoms with Crippen molar-refractivity contribution in [2.45, 2.75) is 58.0 Å². The molecule has 0 aromatic heterocycles. The highest BCUT2D eigenvalue weighted by atomic mass is 19.1. The lowest BCUT2D eigenvalue weighted by Gasteiger charge is -2.45. The number of carbonyl (C=O) groups is 3. The monoisotopic (exact) mass is 455 g/mol. The van der Waals surface area contributed by atoms with Gasteiger partial charge >= 0.3 is 11.9 Å². The Hall–Kier alpha value is -3.18. The van der Waals surface area contributed by atoms with Crippen molar-refractivity contribution in [1.82, 2.24) is 5.32 Å². The summed E-state index contributed by atoms with van der Waals surface area (Å²) < 4.78 is 41.2. The lowest BCUT2D eigenvalue weighted by molar-refractivity contribution is -0.283. The minimum absolute atomic E-state index is 0.223. The third-order valence-electron chi connectivity index (χ3n) is 4.40. The molecule has 11 heteroatoms. The molecule has 1 amide bonds. The first-order valence-electron chi connectivity index (χ1n) is 9.71. The van der Waals surface area contributed by atoms with Crippen molar-refractivity contribution in [3.8, 4) is 0 Å². The average Bonchev–Trinajstić information content (AvgIpc) is 2.68. The quantitative estimate of drug-likeness (QED) is 0.420. The zero-order valence-electron chi connectivity index (χ0n) is 17.9. The third kappa shape index (κ3) is 7.20. The summed E-state index contributed by atoms with van der Waals surface area (Å²) in [4.78, 5) is 34.9. The standard InChI is InChI=1S/C21H26FNO9/c1-11(24)23-18-20(31-14(4)27)19(30-13(3)26)17(10-28-12(2)25)32-21(18)29-9-15-7-5-6-8-16(15)22/h5-8,17-21,26H,3,9-10H2,1-2,4H3,(H,23,24)/t17-,18+,19+,20+,21+/m0/s1. The summed E-state index contributed by atoms with van der Waals surface area (Å²) in [6.45, 7) is 6.21. The van der Waals surface area contributed by atoms with Gasteiger partial charge in [-0.05, 0) is 12.6 Å². The highest BCUT2D eigenvalue weighted by molar-refractivity contribution is 5.73. The van der Waals surface area contributed by atoms with E-state index in [1.807, 2.05) is 0 Å². The van der Waals surface area contributed by atoms with Crippen molar-refractivity contribution >= 4 is 17.8 Å². The van der Waals surface area contributed by atoms with E-state index in [4.69, 9.17) is 23.7 Å². The topological polar surface area (TPSA) is 130 Å². The summed E-state index contributed by atoms with van der Waals surface area (Å²) in [5, 5.41) is 12.2. The maximum atomic E-state index is 14.0. The van der Waals surface area contributed by atoms with Gasteiger partial charge < -0.3 is 34.1 Å². The fourth-order valence-corrected chi connectivity index (χ4v) is 3.19. The van der Waals surface area contributed by atoms with Crippen molar-refractivity contribution in [3.05, 3.63) is 48.2 Å². The summed E-state index contributed by atoms with van der Waals surface area (Å²) in [6, 6.07) is 4.80. The van der Waals surface area contributed by atoms with Crippen molar-refractivity contribution in [3.63, 3.8) is 0 Å². The average molecular weight is 455 g/mol. The van der Waals surface area contributed by atoms with E-state index in [1.165, 1.54) is 32.0 Å². The van der Waals surface area contributed by atoms with E-state index in [0.29, 0.717) is 0 Å². The zero-order valence-corrected chi connectivity index (χ0v) is 17.9. The maximum Gasteiger partial charge on any atom is 0.303 e. The predicted octanol–water partition coefficient (Wildman–Crippen LogP) is 1.48. The highest BCUT2D eigenvalue weighted by Gasteiger charge is 2.51. The first-order valence-corrected chi connectivity index (χ1v) is 9.71. The van der Waals surface area contributed by atoms with Gasteiger partial charge in [-0.3, -0.25) is 14.4 Å². The van der Waals surface area contributed by atoms with Gasteiger partial charge in [0.15, 0.2) is 18.5 Å². The Balaban J connectivity index is 2.37. The molecule has 2 rings (SSSR count). The number of aliphatic hydroxyl groups excluding tert-OH is 1. The number of nitrogens with one attached hydrogen (secondary N) is 1. The van der Waals surface area contributed by atoms with Crippen LogP contribution in [0.1, 0.15) is 26.3 Å². The lowest BCUT2D eigenvalue weighted by atomic mass is 9.96. The number of esters is 2. The minimum atomic E-state index is -1.25. The third-order valence-corrected chi connectivity index (χ3v) is 4.40. The van der Waals surface area contributed by atoms with Crippen LogP contribution in [0.5, 0.6) is 0 Å². The summed E-state index contributed by atoms with van der Waals surface area (Å²) in [7, 11) is 0. The Bertz CT molecular complexity index is 846. The van der Waals surface area contributed by atoms with Gasteiger partial charge in [0, 0.05) is 26.3 Å². The van der Waals surface area contributed by atoms with Crippen molar-refractivity contribution < 1.29 is 47.6 Å². The smallest absolute Gasteiger partial charge is 0.303 e. The van der Waals surface area contributed by atoms with Gasteiger partial charge in [-0.15, -0.1) is 0 Å². The Kier molecular flexibility index (Phi) is 8.97. The molecule has 0 bridgehead atoms. The molecule has 0 radical (unpaired) electrons. The van der Waals surface area contributed by atoms with Crippen molar-refractivity contribution in [2.75, 3.05) is 6.61 Å². The summed E-state index contributed by atoms with van der Waals surface area (Å²) in [5.41, 5.74) is 0.223. The predicted molar refractivity (Wildman–Crippen MR) is 106 cm³/mol. The number of carbonyl (C=O) groups excluding carboxylic acids is 3. The van der Waals surface area contributed by atoms with Gasteiger partial charge in [-0.25, -0.2) is 4.39 Å². The molecule has 1 aromatic rings. The van der Waals surface area contributed by atoms with Crippen molar-refractivity contribution in [1.29, 1.82) is 0 Å². The van der Waals surface area contributed by atoms with Crippen LogP contribution in [0.25, 0.3) is 0 Å². The molecule has 1 aliphatic heterocycles. The summed E-state index contributed by atoms with van der Waals surface area (Å²) >= 11 is 0. The molecule has 176 valence electrons. The van der Waals surface area contributed by atoms with Gasteiger partial charge in [0.1, 0.15) is 24.6 Å². The molecule has 1 aliphatic rings. The molecule has 0 unspecified atom stereocenters. The van der Waals surface area contributed by atoms with Crippen LogP contribution in [0.4, 0.5) is 4.39 Å². The molecular formula is C21H26FNO9. The minimum Gasteiger partial charge on any atom is -0.481 e. The Morgan fingerprint density at radius 1 is 1.12 bits per heavy atom. The Labute approximate surface area is 184 Å². The summed E-state index contributed by atoms with van der Waals surface area (Å²) in [5.74, 6) is -3.06. The van der Waals surface area contributed by atoms with Crippen LogP contribution in [0.2, 0.25) is 0 Å². The maximum absolute atomic E-state index is 14.0. The first-order chi connectivity index (χ1) is 15.1. The first kappa shape index (κ1) is 25.1. The normalized spacial score (nSPS) is 24.8. The van der Waals surface area contributed by atoms with Crippen LogP contribution in [-0.2, 0) is 44.7 Å². The molecule has 0 saturated carbocycles. The number of amides is 1. The molecule has 0 spiro atoms.